The van der Waals surface area contributed by atoms with E-state index in [1.54, 1.807) is 31.2 Å². The lowest BCUT2D eigenvalue weighted by atomic mass is 10.2. The first-order valence-electron chi connectivity index (χ1n) is 6.12. The van der Waals surface area contributed by atoms with Crippen LogP contribution in [-0.2, 0) is 9.53 Å². The number of para-hydroxylation sites is 1. The Bertz CT molecular complexity index is 475. The number of hydrogen-bond donors (Lipinski definition) is 1. The van der Waals surface area contributed by atoms with Gasteiger partial charge in [-0.15, -0.1) is 0 Å². The third-order valence-corrected chi connectivity index (χ3v) is 2.95. The normalized spacial score (nSPS) is 15.8. The molecule has 1 aliphatic rings. The molecule has 1 atom stereocenters. The monoisotopic (exact) mass is 244 g/mol. The molecule has 2 rings (SSSR count). The van der Waals surface area contributed by atoms with Crippen LogP contribution in [0.2, 0.25) is 0 Å². The van der Waals surface area contributed by atoms with Gasteiger partial charge in [-0.05, 0) is 37.8 Å². The van der Waals surface area contributed by atoms with Gasteiger partial charge < -0.3 is 10.1 Å². The second kappa shape index (κ2) is 5.65. The Labute approximate surface area is 107 Å². The van der Waals surface area contributed by atoms with Crippen LogP contribution in [0.3, 0.4) is 0 Å². The first kappa shape index (κ1) is 12.6. The number of nitriles is 1. The lowest BCUT2D eigenvalue weighted by Gasteiger charge is -2.13. The average Bonchev–Trinajstić information content (AvgIpc) is 3.20. The topological polar surface area (TPSA) is 62.1 Å². The summed E-state index contributed by atoms with van der Waals surface area (Å²) in [6.45, 7) is 2.38. The number of ether oxygens (including phenoxy) is 1. The van der Waals surface area contributed by atoms with Crippen LogP contribution in [0.5, 0.6) is 0 Å². The fourth-order valence-corrected chi connectivity index (χ4v) is 1.56. The van der Waals surface area contributed by atoms with Crippen molar-refractivity contribution in [1.82, 2.24) is 0 Å². The molecule has 0 radical (unpaired) electrons. The van der Waals surface area contributed by atoms with E-state index in [9.17, 15) is 4.79 Å². The molecule has 1 aromatic rings. The lowest BCUT2D eigenvalue weighted by Crippen LogP contribution is -2.28. The number of nitrogens with zero attached hydrogens (tertiary/aromatic N) is 1. The van der Waals surface area contributed by atoms with E-state index in [1.807, 2.05) is 6.07 Å². The third-order valence-electron chi connectivity index (χ3n) is 2.95. The van der Waals surface area contributed by atoms with Crippen LogP contribution in [0.25, 0.3) is 0 Å². The van der Waals surface area contributed by atoms with Crippen LogP contribution in [-0.4, -0.2) is 18.6 Å². The summed E-state index contributed by atoms with van der Waals surface area (Å²) in [5.41, 5.74) is 0.993. The summed E-state index contributed by atoms with van der Waals surface area (Å²) < 4.78 is 5.48. The minimum absolute atomic E-state index is 0.210. The zero-order chi connectivity index (χ0) is 13.0. The van der Waals surface area contributed by atoms with Crippen molar-refractivity contribution in [2.24, 2.45) is 5.92 Å². The highest BCUT2D eigenvalue weighted by atomic mass is 16.5. The van der Waals surface area contributed by atoms with Crippen molar-refractivity contribution in [3.05, 3.63) is 29.8 Å². The summed E-state index contributed by atoms with van der Waals surface area (Å²) >= 11 is 0. The van der Waals surface area contributed by atoms with Crippen molar-refractivity contribution in [2.45, 2.75) is 25.9 Å². The van der Waals surface area contributed by atoms with E-state index in [4.69, 9.17) is 10.00 Å². The number of nitrogens with one attached hydrogen (secondary N) is 1. The highest BCUT2D eigenvalue weighted by Gasteiger charge is 2.24. The van der Waals surface area contributed by atoms with Crippen molar-refractivity contribution >= 4 is 11.6 Å². The van der Waals surface area contributed by atoms with E-state index in [1.165, 1.54) is 12.8 Å². The predicted octanol–water partition coefficient (Wildman–Crippen LogP) is 2.31. The van der Waals surface area contributed by atoms with Crippen molar-refractivity contribution in [2.75, 3.05) is 11.9 Å². The summed E-state index contributed by atoms with van der Waals surface area (Å²) in [6, 6.07) is 8.98. The maximum absolute atomic E-state index is 11.9. The van der Waals surface area contributed by atoms with E-state index in [0.717, 1.165) is 0 Å². The van der Waals surface area contributed by atoms with Gasteiger partial charge in [0.25, 0.3) is 5.91 Å². The van der Waals surface area contributed by atoms with Crippen LogP contribution >= 0.6 is 0 Å². The van der Waals surface area contributed by atoms with Gasteiger partial charge in [0.1, 0.15) is 12.2 Å². The molecule has 1 unspecified atom stereocenters. The molecule has 0 bridgehead atoms. The van der Waals surface area contributed by atoms with E-state index in [0.29, 0.717) is 23.8 Å². The van der Waals surface area contributed by atoms with Crippen LogP contribution in [0.1, 0.15) is 25.3 Å². The van der Waals surface area contributed by atoms with Gasteiger partial charge >= 0.3 is 0 Å². The number of rotatable bonds is 5. The highest BCUT2D eigenvalue weighted by Crippen LogP contribution is 2.29. The van der Waals surface area contributed by atoms with Crippen molar-refractivity contribution in [1.29, 1.82) is 5.26 Å². The van der Waals surface area contributed by atoms with Crippen molar-refractivity contribution < 1.29 is 9.53 Å². The SMILES string of the molecule is CC(OCC1CC1)C(=O)Nc1ccccc1C#N. The standard InChI is InChI=1S/C14H16N2O2/c1-10(18-9-11-6-7-11)14(17)16-13-5-3-2-4-12(13)8-15/h2-5,10-11H,6-7,9H2,1H3,(H,16,17). The van der Waals surface area contributed by atoms with Gasteiger partial charge in [-0.2, -0.15) is 5.26 Å². The molecule has 94 valence electrons. The Hall–Kier alpha value is -1.86. The summed E-state index contributed by atoms with van der Waals surface area (Å²) in [6.07, 6.45) is 1.91. The maximum atomic E-state index is 11.9. The summed E-state index contributed by atoms with van der Waals surface area (Å²) in [4.78, 5) is 11.9. The Balaban J connectivity index is 1.91. The minimum Gasteiger partial charge on any atom is -0.368 e. The average molecular weight is 244 g/mol. The second-order valence-corrected chi connectivity index (χ2v) is 4.57. The number of carbonyl (C=O) groups excluding carboxylic acids is 1. The first-order chi connectivity index (χ1) is 8.70. The van der Waals surface area contributed by atoms with E-state index >= 15 is 0 Å². The number of carbonyl (C=O) groups is 1. The molecule has 1 saturated carbocycles. The molecule has 18 heavy (non-hydrogen) atoms. The predicted molar refractivity (Wildman–Crippen MR) is 67.9 cm³/mol. The van der Waals surface area contributed by atoms with E-state index in [2.05, 4.69) is 5.32 Å². The van der Waals surface area contributed by atoms with Crippen molar-refractivity contribution in [3.63, 3.8) is 0 Å². The number of benzene rings is 1. The van der Waals surface area contributed by atoms with Gasteiger partial charge in [0.2, 0.25) is 0 Å². The number of amides is 1. The van der Waals surface area contributed by atoms with Crippen LogP contribution in [0.4, 0.5) is 5.69 Å². The third kappa shape index (κ3) is 3.31. The van der Waals surface area contributed by atoms with Gasteiger partial charge in [0.15, 0.2) is 0 Å². The number of anilines is 1. The van der Waals surface area contributed by atoms with Crippen LogP contribution < -0.4 is 5.32 Å². The molecule has 1 amide bonds. The molecule has 0 aromatic heterocycles. The molecule has 0 saturated heterocycles. The van der Waals surface area contributed by atoms with Gasteiger partial charge in [-0.3, -0.25) is 4.79 Å². The number of hydrogen-bond acceptors (Lipinski definition) is 3. The molecule has 1 N–H and O–H groups in total. The van der Waals surface area contributed by atoms with Crippen LogP contribution in [0, 0.1) is 17.2 Å². The Morgan fingerprint density at radius 2 is 2.28 bits per heavy atom. The van der Waals surface area contributed by atoms with Gasteiger partial charge in [0, 0.05) is 0 Å². The minimum atomic E-state index is -0.489. The Morgan fingerprint density at radius 3 is 2.94 bits per heavy atom. The van der Waals surface area contributed by atoms with Gasteiger partial charge in [-0.1, -0.05) is 12.1 Å². The molecule has 1 fully saturated rings. The molecule has 4 nitrogen and oxygen atoms in total. The zero-order valence-electron chi connectivity index (χ0n) is 10.3. The fraction of sp³-hybridized carbons (Fsp3) is 0.429. The molecular formula is C14H16N2O2. The smallest absolute Gasteiger partial charge is 0.253 e. The quantitative estimate of drug-likeness (QED) is 0.864. The molecule has 0 spiro atoms. The Kier molecular flexibility index (Phi) is 3.96. The Morgan fingerprint density at radius 1 is 1.56 bits per heavy atom. The summed E-state index contributed by atoms with van der Waals surface area (Å²) in [7, 11) is 0. The lowest BCUT2D eigenvalue weighted by molar-refractivity contribution is -0.126. The molecule has 1 aliphatic carbocycles. The van der Waals surface area contributed by atoms with Gasteiger partial charge in [-0.25, -0.2) is 0 Å². The highest BCUT2D eigenvalue weighted by molar-refractivity contribution is 5.95. The second-order valence-electron chi connectivity index (χ2n) is 4.57. The van der Waals surface area contributed by atoms with Crippen LogP contribution in [0.15, 0.2) is 24.3 Å². The summed E-state index contributed by atoms with van der Waals surface area (Å²) in [5.74, 6) is 0.421. The molecule has 4 heteroatoms. The van der Waals surface area contributed by atoms with Gasteiger partial charge in [0.05, 0.1) is 17.9 Å². The van der Waals surface area contributed by atoms with E-state index < -0.39 is 6.10 Å². The molecular weight excluding hydrogens is 228 g/mol. The first-order valence-corrected chi connectivity index (χ1v) is 6.12. The zero-order valence-corrected chi connectivity index (χ0v) is 10.3. The van der Waals surface area contributed by atoms with E-state index in [-0.39, 0.29) is 5.91 Å². The fourth-order valence-electron chi connectivity index (χ4n) is 1.56. The van der Waals surface area contributed by atoms with Crippen molar-refractivity contribution in [3.8, 4) is 6.07 Å². The largest absolute Gasteiger partial charge is 0.368 e. The molecule has 0 heterocycles. The molecule has 1 aromatic carbocycles. The maximum Gasteiger partial charge on any atom is 0.253 e. The molecule has 0 aliphatic heterocycles. The summed E-state index contributed by atoms with van der Waals surface area (Å²) in [5, 5.41) is 11.6.